The van der Waals surface area contributed by atoms with E-state index >= 15 is 0 Å². The van der Waals surface area contributed by atoms with Crippen molar-refractivity contribution < 1.29 is 43.9 Å². The van der Waals surface area contributed by atoms with Crippen LogP contribution in [0, 0.1) is 6.92 Å². The quantitative estimate of drug-likeness (QED) is 0.524. The summed E-state index contributed by atoms with van der Waals surface area (Å²) < 4.78 is 30.8. The Kier molecular flexibility index (Phi) is 4.80. The van der Waals surface area contributed by atoms with E-state index in [-0.39, 0.29) is 41.7 Å². The molecular weight excluding hydrogens is 265 g/mol. The first-order chi connectivity index (χ1) is 7.97. The molecule has 0 amide bonds. The summed E-state index contributed by atoms with van der Waals surface area (Å²) in [7, 11) is -3.64. The molecule has 2 aromatic rings. The minimum absolute atomic E-state index is 0. The average molecular weight is 277 g/mol. The van der Waals surface area contributed by atoms with Crippen LogP contribution in [0.1, 0.15) is 7.19 Å². The predicted molar refractivity (Wildman–Crippen MR) is 64.0 cm³/mol. The van der Waals surface area contributed by atoms with E-state index in [1.807, 2.05) is 0 Å². The number of benzene rings is 1. The fraction of sp³-hybridized carbons (Fsp3) is 0.100. The Labute approximate surface area is 128 Å². The smallest absolute Gasteiger partial charge is 1.00 e. The van der Waals surface area contributed by atoms with Crippen molar-refractivity contribution in [2.24, 2.45) is 0 Å². The molecule has 1 aromatic heterocycles. The number of anilines is 2. The van der Waals surface area contributed by atoms with E-state index in [4.69, 9.17) is 10.3 Å². The third kappa shape index (κ3) is 3.49. The first-order valence-electron chi connectivity index (χ1n) is 4.79. The first kappa shape index (κ1) is 15.0. The predicted octanol–water partition coefficient (Wildman–Crippen LogP) is -1.52. The van der Waals surface area contributed by atoms with Gasteiger partial charge in [0.2, 0.25) is 0 Å². The van der Waals surface area contributed by atoms with E-state index in [1.54, 1.807) is 6.92 Å². The second kappa shape index (κ2) is 5.75. The van der Waals surface area contributed by atoms with Crippen LogP contribution in [0.4, 0.5) is 11.5 Å². The molecule has 0 aliphatic carbocycles. The van der Waals surface area contributed by atoms with E-state index in [9.17, 15) is 8.42 Å². The fourth-order valence-corrected chi connectivity index (χ4v) is 2.24. The number of rotatable bonds is 3. The molecule has 92 valence electrons. The molecule has 8 heteroatoms. The number of hydrogen-bond acceptors (Lipinski definition) is 5. The zero-order chi connectivity index (χ0) is 12.5. The number of nitrogens with two attached hydrogens (primary N) is 1. The number of hydrogen-bond donors (Lipinski definition) is 2. The van der Waals surface area contributed by atoms with Crippen LogP contribution in [0.5, 0.6) is 0 Å². The molecule has 1 aromatic carbocycles. The molecule has 0 fully saturated rings. The Hall–Kier alpha value is -1.02. The van der Waals surface area contributed by atoms with Crippen molar-refractivity contribution in [1.29, 1.82) is 0 Å². The van der Waals surface area contributed by atoms with Crippen LogP contribution >= 0.6 is 0 Å². The maximum absolute atomic E-state index is 11.9. The van der Waals surface area contributed by atoms with Gasteiger partial charge in [-0.25, -0.2) is 8.42 Å². The second-order valence-corrected chi connectivity index (χ2v) is 5.18. The van der Waals surface area contributed by atoms with E-state index < -0.39 is 10.0 Å². The molecule has 2 rings (SSSR count). The van der Waals surface area contributed by atoms with Crippen LogP contribution in [0.3, 0.4) is 0 Å². The molecule has 0 unspecified atom stereocenters. The van der Waals surface area contributed by atoms with Crippen LogP contribution in [0.2, 0.25) is 0 Å². The Bertz CT molecular complexity index is 628. The standard InChI is InChI=1S/C10H11N3O3S.Na.H/c1-7-6-10(12-16-7)13-17(14,15)9-4-2-8(11)3-5-9;;/h2-6H,11H2,1H3,(H,12,13);;/q;+1;-1. The molecule has 0 aliphatic rings. The topological polar surface area (TPSA) is 98.2 Å². The zero-order valence-corrected chi connectivity index (χ0v) is 12.9. The van der Waals surface area contributed by atoms with Crippen LogP contribution in [-0.2, 0) is 10.0 Å². The summed E-state index contributed by atoms with van der Waals surface area (Å²) in [6, 6.07) is 7.37. The summed E-state index contributed by atoms with van der Waals surface area (Å²) in [5.74, 6) is 0.680. The normalized spacial score (nSPS) is 10.7. The Morgan fingerprint density at radius 1 is 1.33 bits per heavy atom. The van der Waals surface area contributed by atoms with Gasteiger partial charge in [0.1, 0.15) is 5.76 Å². The number of sulfonamides is 1. The molecule has 1 heterocycles. The summed E-state index contributed by atoms with van der Waals surface area (Å²) in [6.45, 7) is 1.67. The van der Waals surface area contributed by atoms with Gasteiger partial charge >= 0.3 is 29.6 Å². The minimum Gasteiger partial charge on any atom is -1.00 e. The number of nitrogens with zero attached hydrogens (tertiary/aromatic N) is 1. The molecule has 0 saturated carbocycles. The monoisotopic (exact) mass is 277 g/mol. The van der Waals surface area contributed by atoms with Crippen molar-refractivity contribution in [3.63, 3.8) is 0 Å². The number of nitrogen functional groups attached to an aromatic ring is 1. The van der Waals surface area contributed by atoms with Gasteiger partial charge in [-0.1, -0.05) is 5.16 Å². The summed E-state index contributed by atoms with van der Waals surface area (Å²) in [4.78, 5) is 0.118. The third-order valence-electron chi connectivity index (χ3n) is 2.06. The van der Waals surface area contributed by atoms with E-state index in [1.165, 1.54) is 30.3 Å². The van der Waals surface area contributed by atoms with Crippen LogP contribution in [0.15, 0.2) is 39.8 Å². The van der Waals surface area contributed by atoms with Crippen LogP contribution < -0.4 is 40.0 Å². The van der Waals surface area contributed by atoms with E-state index in [2.05, 4.69) is 9.88 Å². The van der Waals surface area contributed by atoms with E-state index in [0.29, 0.717) is 11.4 Å². The fourth-order valence-electron chi connectivity index (χ4n) is 1.26. The average Bonchev–Trinajstić information content (AvgIpc) is 2.63. The van der Waals surface area contributed by atoms with Crippen molar-refractivity contribution in [2.75, 3.05) is 10.5 Å². The maximum Gasteiger partial charge on any atom is 1.00 e. The molecular formula is C10H12N3NaO3S. The molecule has 0 saturated heterocycles. The van der Waals surface area contributed by atoms with Gasteiger partial charge in [-0.3, -0.25) is 4.72 Å². The van der Waals surface area contributed by atoms with Gasteiger partial charge in [-0.15, -0.1) is 0 Å². The van der Waals surface area contributed by atoms with Crippen molar-refractivity contribution in [1.82, 2.24) is 5.16 Å². The van der Waals surface area contributed by atoms with Gasteiger partial charge in [-0.05, 0) is 31.2 Å². The van der Waals surface area contributed by atoms with Gasteiger partial charge in [0, 0.05) is 11.8 Å². The Morgan fingerprint density at radius 2 is 1.94 bits per heavy atom. The van der Waals surface area contributed by atoms with Gasteiger partial charge < -0.3 is 11.7 Å². The SMILES string of the molecule is Cc1cc(NS(=O)(=O)c2ccc(N)cc2)no1.[H-].[Na+]. The van der Waals surface area contributed by atoms with Crippen LogP contribution in [-0.4, -0.2) is 13.6 Å². The van der Waals surface area contributed by atoms with Gasteiger partial charge in [0.25, 0.3) is 10.0 Å². The number of aromatic nitrogens is 1. The van der Waals surface area contributed by atoms with Gasteiger partial charge in [-0.2, -0.15) is 0 Å². The van der Waals surface area contributed by atoms with Gasteiger partial charge in [0.05, 0.1) is 4.90 Å². The molecule has 0 atom stereocenters. The van der Waals surface area contributed by atoms with Crippen molar-refractivity contribution in [3.8, 4) is 0 Å². The largest absolute Gasteiger partial charge is 1.00 e. The molecule has 18 heavy (non-hydrogen) atoms. The Balaban J connectivity index is 0.00000162. The first-order valence-corrected chi connectivity index (χ1v) is 6.27. The van der Waals surface area contributed by atoms with Crippen molar-refractivity contribution in [2.45, 2.75) is 11.8 Å². The van der Waals surface area contributed by atoms with E-state index in [0.717, 1.165) is 0 Å². The summed E-state index contributed by atoms with van der Waals surface area (Å²) >= 11 is 0. The van der Waals surface area contributed by atoms with Crippen molar-refractivity contribution >= 4 is 21.5 Å². The van der Waals surface area contributed by atoms with Crippen LogP contribution in [0.25, 0.3) is 0 Å². The Morgan fingerprint density at radius 3 is 2.44 bits per heavy atom. The summed E-state index contributed by atoms with van der Waals surface area (Å²) in [6.07, 6.45) is 0. The minimum atomic E-state index is -3.64. The summed E-state index contributed by atoms with van der Waals surface area (Å²) in [5.41, 5.74) is 5.98. The van der Waals surface area contributed by atoms with Gasteiger partial charge in [0.15, 0.2) is 5.82 Å². The number of nitrogens with one attached hydrogen (secondary N) is 1. The summed E-state index contributed by atoms with van der Waals surface area (Å²) in [5, 5.41) is 3.55. The molecule has 0 radical (unpaired) electrons. The molecule has 0 spiro atoms. The number of aryl methyl sites for hydroxylation is 1. The molecule has 6 nitrogen and oxygen atoms in total. The zero-order valence-electron chi connectivity index (χ0n) is 11.0. The molecule has 0 bridgehead atoms. The maximum atomic E-state index is 11.9. The third-order valence-corrected chi connectivity index (χ3v) is 3.43. The van der Waals surface area contributed by atoms with Crippen molar-refractivity contribution in [3.05, 3.63) is 36.1 Å². The second-order valence-electron chi connectivity index (χ2n) is 3.50. The molecule has 3 N–H and O–H groups in total. The molecule has 0 aliphatic heterocycles.